The molecule has 0 aliphatic heterocycles. The molecule has 0 spiro atoms. The summed E-state index contributed by atoms with van der Waals surface area (Å²) in [5.41, 5.74) is 0. The normalized spacial score (nSPS) is 11.5. The van der Waals surface area contributed by atoms with Gasteiger partial charge >= 0.3 is 0 Å². The van der Waals surface area contributed by atoms with Crippen LogP contribution in [0.3, 0.4) is 0 Å². The fraction of sp³-hybridized carbons (Fsp3) is 0.250. The zero-order valence-corrected chi connectivity index (χ0v) is 11.3. The quantitative estimate of drug-likeness (QED) is 0.859. The van der Waals surface area contributed by atoms with Crippen LogP contribution < -0.4 is 4.74 Å². The minimum Gasteiger partial charge on any atom is -0.495 e. The molecule has 0 saturated heterocycles. The third-order valence-corrected chi connectivity index (χ3v) is 4.38. The number of rotatable bonds is 4. The minimum absolute atomic E-state index is 0.0946. The number of halogens is 1. The second-order valence-electron chi connectivity index (χ2n) is 3.79. The van der Waals surface area contributed by atoms with E-state index >= 15 is 0 Å². The molecular weight excluding hydrogens is 271 g/mol. The maximum absolute atomic E-state index is 13.3. The van der Waals surface area contributed by atoms with Crippen molar-refractivity contribution < 1.29 is 17.5 Å². The average molecular weight is 284 g/mol. The van der Waals surface area contributed by atoms with Crippen molar-refractivity contribution in [3.63, 3.8) is 0 Å². The Morgan fingerprint density at radius 2 is 2.16 bits per heavy atom. The van der Waals surface area contributed by atoms with Gasteiger partial charge < -0.3 is 4.74 Å². The fourth-order valence-corrected chi connectivity index (χ4v) is 3.29. The molecule has 0 saturated carbocycles. The van der Waals surface area contributed by atoms with Crippen LogP contribution in [0.5, 0.6) is 5.75 Å². The van der Waals surface area contributed by atoms with E-state index in [-0.39, 0.29) is 10.6 Å². The second-order valence-corrected chi connectivity index (χ2v) is 5.58. The third-order valence-electron chi connectivity index (χ3n) is 2.66. The number of imidazole rings is 1. The Labute approximate surface area is 110 Å². The molecule has 0 N–H and O–H groups in total. The van der Waals surface area contributed by atoms with Crippen molar-refractivity contribution in [2.45, 2.75) is 18.2 Å². The minimum atomic E-state index is -3.91. The highest BCUT2D eigenvalue weighted by Crippen LogP contribution is 2.27. The van der Waals surface area contributed by atoms with Crippen molar-refractivity contribution in [2.75, 3.05) is 7.11 Å². The van der Waals surface area contributed by atoms with E-state index in [1.54, 1.807) is 6.92 Å². The van der Waals surface area contributed by atoms with Gasteiger partial charge in [0, 0.05) is 18.8 Å². The summed E-state index contributed by atoms with van der Waals surface area (Å²) in [6.07, 6.45) is 3.17. The third kappa shape index (κ3) is 2.33. The SMILES string of the molecule is CCc1nccn1S(=O)(=O)c1cc(F)ccc1OC. The molecule has 5 nitrogen and oxygen atoms in total. The van der Waals surface area contributed by atoms with Gasteiger partial charge in [-0.15, -0.1) is 0 Å². The molecule has 0 amide bonds. The molecule has 1 heterocycles. The lowest BCUT2D eigenvalue weighted by Gasteiger charge is -2.11. The highest BCUT2D eigenvalue weighted by atomic mass is 32.2. The maximum Gasteiger partial charge on any atom is 0.272 e. The van der Waals surface area contributed by atoms with Crippen molar-refractivity contribution in [3.8, 4) is 5.75 Å². The number of aromatic nitrogens is 2. The number of hydrogen-bond acceptors (Lipinski definition) is 4. The zero-order chi connectivity index (χ0) is 14.0. The highest BCUT2D eigenvalue weighted by Gasteiger charge is 2.24. The van der Waals surface area contributed by atoms with Gasteiger partial charge in [0.2, 0.25) is 0 Å². The van der Waals surface area contributed by atoms with E-state index in [2.05, 4.69) is 4.98 Å². The van der Waals surface area contributed by atoms with Gasteiger partial charge in [-0.05, 0) is 18.2 Å². The van der Waals surface area contributed by atoms with Gasteiger partial charge in [0.1, 0.15) is 22.3 Å². The van der Waals surface area contributed by atoms with Crippen LogP contribution in [0.25, 0.3) is 0 Å². The number of benzene rings is 1. The van der Waals surface area contributed by atoms with Crippen LogP contribution in [0.15, 0.2) is 35.5 Å². The molecule has 1 aromatic carbocycles. The standard InChI is InChI=1S/C12H13FN2O3S/c1-3-12-14-6-7-15(12)19(16,17)11-8-9(13)4-5-10(11)18-2/h4-8H,3H2,1-2H3. The van der Waals surface area contributed by atoms with E-state index in [1.165, 1.54) is 25.6 Å². The molecular formula is C12H13FN2O3S. The molecule has 7 heteroatoms. The number of hydrogen-bond donors (Lipinski definition) is 0. The second kappa shape index (κ2) is 5.00. The summed E-state index contributed by atoms with van der Waals surface area (Å²) in [5.74, 6) is -0.166. The largest absolute Gasteiger partial charge is 0.495 e. The lowest BCUT2D eigenvalue weighted by atomic mass is 10.3. The molecule has 1 aromatic heterocycles. The summed E-state index contributed by atoms with van der Waals surface area (Å²) in [5, 5.41) is 0. The maximum atomic E-state index is 13.3. The molecule has 0 bridgehead atoms. The Morgan fingerprint density at radius 1 is 1.42 bits per heavy atom. The van der Waals surface area contributed by atoms with Crippen LogP contribution in [0.4, 0.5) is 4.39 Å². The van der Waals surface area contributed by atoms with Gasteiger partial charge in [-0.1, -0.05) is 6.92 Å². The lowest BCUT2D eigenvalue weighted by Crippen LogP contribution is -2.16. The predicted molar refractivity (Wildman–Crippen MR) is 67.1 cm³/mol. The Hall–Kier alpha value is -1.89. The summed E-state index contributed by atoms with van der Waals surface area (Å²) in [7, 11) is -2.58. The molecule has 0 fully saturated rings. The van der Waals surface area contributed by atoms with Gasteiger partial charge in [-0.25, -0.2) is 21.8 Å². The van der Waals surface area contributed by atoms with Crippen molar-refractivity contribution in [3.05, 3.63) is 42.2 Å². The molecule has 2 rings (SSSR count). The van der Waals surface area contributed by atoms with Crippen LogP contribution in [-0.4, -0.2) is 24.5 Å². The predicted octanol–water partition coefficient (Wildman–Crippen LogP) is 1.83. The highest BCUT2D eigenvalue weighted by molar-refractivity contribution is 7.90. The van der Waals surface area contributed by atoms with Gasteiger partial charge in [0.15, 0.2) is 0 Å². The number of nitrogens with zero attached hydrogens (tertiary/aromatic N) is 2. The lowest BCUT2D eigenvalue weighted by molar-refractivity contribution is 0.400. The first kappa shape index (κ1) is 13.5. The van der Waals surface area contributed by atoms with Gasteiger partial charge in [0.05, 0.1) is 7.11 Å². The monoisotopic (exact) mass is 284 g/mol. The summed E-state index contributed by atoms with van der Waals surface area (Å²) in [6, 6.07) is 3.37. The molecule has 19 heavy (non-hydrogen) atoms. The van der Waals surface area contributed by atoms with Crippen molar-refractivity contribution in [2.24, 2.45) is 0 Å². The van der Waals surface area contributed by atoms with Crippen LogP contribution in [-0.2, 0) is 16.4 Å². The summed E-state index contributed by atoms with van der Waals surface area (Å²) < 4.78 is 44.3. The zero-order valence-electron chi connectivity index (χ0n) is 10.5. The van der Waals surface area contributed by atoms with Crippen molar-refractivity contribution in [1.82, 2.24) is 8.96 Å². The number of methoxy groups -OCH3 is 1. The molecule has 0 aliphatic carbocycles. The Bertz CT molecular complexity index is 695. The molecule has 0 atom stereocenters. The van der Waals surface area contributed by atoms with Crippen LogP contribution in [0.2, 0.25) is 0 Å². The molecule has 0 unspecified atom stereocenters. The Balaban J connectivity index is 2.66. The van der Waals surface area contributed by atoms with E-state index < -0.39 is 15.8 Å². The summed E-state index contributed by atoms with van der Waals surface area (Å²) >= 11 is 0. The first-order chi connectivity index (χ1) is 9.00. The molecule has 102 valence electrons. The topological polar surface area (TPSA) is 61.2 Å². The average Bonchev–Trinajstić information content (AvgIpc) is 2.87. The first-order valence-electron chi connectivity index (χ1n) is 5.62. The molecule has 2 aromatic rings. The van der Waals surface area contributed by atoms with Gasteiger partial charge in [-0.3, -0.25) is 0 Å². The van der Waals surface area contributed by atoms with E-state index in [0.717, 1.165) is 16.1 Å². The van der Waals surface area contributed by atoms with E-state index in [0.29, 0.717) is 12.2 Å². The number of ether oxygens (including phenoxy) is 1. The Kier molecular flexibility index (Phi) is 3.57. The van der Waals surface area contributed by atoms with E-state index in [1.807, 2.05) is 0 Å². The van der Waals surface area contributed by atoms with Crippen molar-refractivity contribution in [1.29, 1.82) is 0 Å². The van der Waals surface area contributed by atoms with Gasteiger partial charge in [-0.2, -0.15) is 0 Å². The van der Waals surface area contributed by atoms with Crippen LogP contribution in [0.1, 0.15) is 12.7 Å². The number of aryl methyl sites for hydroxylation is 1. The van der Waals surface area contributed by atoms with Crippen LogP contribution >= 0.6 is 0 Å². The first-order valence-corrected chi connectivity index (χ1v) is 7.06. The summed E-state index contributed by atoms with van der Waals surface area (Å²) in [6.45, 7) is 1.79. The van der Waals surface area contributed by atoms with E-state index in [9.17, 15) is 12.8 Å². The van der Waals surface area contributed by atoms with Crippen molar-refractivity contribution >= 4 is 10.0 Å². The fourth-order valence-electron chi connectivity index (χ4n) is 1.75. The Morgan fingerprint density at radius 3 is 2.79 bits per heavy atom. The van der Waals surface area contributed by atoms with Crippen LogP contribution in [0, 0.1) is 5.82 Å². The summed E-state index contributed by atoms with van der Waals surface area (Å²) in [4.78, 5) is 3.73. The van der Waals surface area contributed by atoms with E-state index in [4.69, 9.17) is 4.74 Å². The smallest absolute Gasteiger partial charge is 0.272 e. The van der Waals surface area contributed by atoms with Gasteiger partial charge in [0.25, 0.3) is 10.0 Å². The molecule has 0 radical (unpaired) electrons. The molecule has 0 aliphatic rings.